The molecule has 0 heterocycles. The van der Waals surface area contributed by atoms with Crippen LogP contribution in [0.25, 0.3) is 0 Å². The number of hydrogen-bond acceptors (Lipinski definition) is 3. The largest absolute Gasteiger partial charge is 0.409 e. The van der Waals surface area contributed by atoms with E-state index in [1.165, 1.54) is 6.42 Å². The van der Waals surface area contributed by atoms with E-state index in [4.69, 9.17) is 10.9 Å². The topological polar surface area (TPSA) is 61.8 Å². The van der Waals surface area contributed by atoms with E-state index >= 15 is 0 Å². The molecule has 0 aliphatic heterocycles. The van der Waals surface area contributed by atoms with Crippen molar-refractivity contribution < 1.29 is 5.21 Å². The van der Waals surface area contributed by atoms with Gasteiger partial charge in [0.15, 0.2) is 5.84 Å². The van der Waals surface area contributed by atoms with Crippen molar-refractivity contribution in [2.24, 2.45) is 22.7 Å². The molecule has 3 unspecified atom stereocenters. The lowest BCUT2D eigenvalue weighted by molar-refractivity contribution is 0.274. The summed E-state index contributed by atoms with van der Waals surface area (Å²) in [5.74, 6) is 1.94. The lowest BCUT2D eigenvalue weighted by Gasteiger charge is -2.23. The maximum absolute atomic E-state index is 8.49. The second-order valence-corrected chi connectivity index (χ2v) is 4.11. The van der Waals surface area contributed by atoms with Crippen LogP contribution in [0.2, 0.25) is 0 Å². The Morgan fingerprint density at radius 2 is 2.31 bits per heavy atom. The van der Waals surface area contributed by atoms with Crippen LogP contribution >= 0.6 is 0 Å². The zero-order valence-electron chi connectivity index (χ0n) is 8.57. The molecule has 3 N–H and O–H groups in total. The highest BCUT2D eigenvalue weighted by atomic mass is 16.4. The molecule has 1 aliphatic carbocycles. The summed E-state index contributed by atoms with van der Waals surface area (Å²) < 4.78 is 0. The molecule has 0 amide bonds. The van der Waals surface area contributed by atoms with Gasteiger partial charge >= 0.3 is 0 Å². The van der Waals surface area contributed by atoms with Crippen LogP contribution in [-0.4, -0.2) is 35.6 Å². The Labute approximate surface area is 79.4 Å². The van der Waals surface area contributed by atoms with Gasteiger partial charge < -0.3 is 10.9 Å². The summed E-state index contributed by atoms with van der Waals surface area (Å²) in [6.45, 7) is 5.24. The molecule has 0 saturated heterocycles. The second-order valence-electron chi connectivity index (χ2n) is 4.11. The van der Waals surface area contributed by atoms with E-state index in [9.17, 15) is 0 Å². The molecule has 0 aromatic heterocycles. The van der Waals surface area contributed by atoms with Gasteiger partial charge in [-0.25, -0.2) is 0 Å². The molecule has 4 heteroatoms. The van der Waals surface area contributed by atoms with Crippen molar-refractivity contribution in [1.29, 1.82) is 0 Å². The van der Waals surface area contributed by atoms with Crippen molar-refractivity contribution in [3.05, 3.63) is 0 Å². The Balaban J connectivity index is 2.34. The predicted molar refractivity (Wildman–Crippen MR) is 52.8 cm³/mol. The van der Waals surface area contributed by atoms with E-state index in [0.717, 1.165) is 18.4 Å². The van der Waals surface area contributed by atoms with Crippen LogP contribution in [0.1, 0.15) is 20.3 Å². The molecule has 1 fully saturated rings. The van der Waals surface area contributed by atoms with Crippen LogP contribution in [0, 0.1) is 11.8 Å². The third kappa shape index (κ3) is 2.59. The zero-order valence-corrected chi connectivity index (χ0v) is 8.57. The average molecular weight is 185 g/mol. The average Bonchev–Trinajstić information content (AvgIpc) is 2.79. The molecule has 76 valence electrons. The Bertz CT molecular complexity index is 205. The van der Waals surface area contributed by atoms with Gasteiger partial charge in [0, 0.05) is 6.54 Å². The highest BCUT2D eigenvalue weighted by Gasteiger charge is 2.34. The summed E-state index contributed by atoms with van der Waals surface area (Å²) in [6, 6.07) is 0.0257. The number of amidine groups is 1. The molecular weight excluding hydrogens is 166 g/mol. The van der Waals surface area contributed by atoms with Crippen LogP contribution in [0.5, 0.6) is 0 Å². The molecule has 1 rings (SSSR count). The van der Waals surface area contributed by atoms with Gasteiger partial charge in [0.25, 0.3) is 0 Å². The summed E-state index contributed by atoms with van der Waals surface area (Å²) in [6.07, 6.45) is 1.31. The van der Waals surface area contributed by atoms with E-state index in [-0.39, 0.29) is 11.9 Å². The molecule has 0 aromatic carbocycles. The third-order valence-electron chi connectivity index (χ3n) is 3.00. The highest BCUT2D eigenvalue weighted by Crippen LogP contribution is 2.38. The van der Waals surface area contributed by atoms with Crippen LogP contribution < -0.4 is 5.73 Å². The van der Waals surface area contributed by atoms with Gasteiger partial charge in [-0.2, -0.15) is 0 Å². The summed E-state index contributed by atoms with van der Waals surface area (Å²) in [5.41, 5.74) is 5.51. The molecule has 1 aliphatic rings. The minimum absolute atomic E-state index is 0.0257. The Hall–Kier alpha value is -0.770. The predicted octanol–water partition coefficient (Wildman–Crippen LogP) is 0.709. The maximum atomic E-state index is 8.49. The molecule has 4 nitrogen and oxygen atoms in total. The van der Waals surface area contributed by atoms with E-state index in [1.807, 2.05) is 14.0 Å². The Kier molecular flexibility index (Phi) is 3.14. The lowest BCUT2D eigenvalue weighted by Crippen LogP contribution is -2.41. The normalized spacial score (nSPS) is 30.6. The first kappa shape index (κ1) is 10.3. The van der Waals surface area contributed by atoms with E-state index in [2.05, 4.69) is 17.0 Å². The number of nitrogens with two attached hydrogens (primary N) is 1. The van der Waals surface area contributed by atoms with Crippen molar-refractivity contribution in [3.8, 4) is 0 Å². The smallest absolute Gasteiger partial charge is 0.156 e. The van der Waals surface area contributed by atoms with Crippen LogP contribution in [0.3, 0.4) is 0 Å². The molecular formula is C9H19N3O. The van der Waals surface area contributed by atoms with Gasteiger partial charge in [-0.05, 0) is 32.2 Å². The summed E-state index contributed by atoms with van der Waals surface area (Å²) in [7, 11) is 2.01. The van der Waals surface area contributed by atoms with Crippen LogP contribution in [0.4, 0.5) is 0 Å². The van der Waals surface area contributed by atoms with E-state index < -0.39 is 0 Å². The van der Waals surface area contributed by atoms with Crippen molar-refractivity contribution in [2.75, 3.05) is 13.6 Å². The monoisotopic (exact) mass is 185 g/mol. The summed E-state index contributed by atoms with van der Waals surface area (Å²) in [4.78, 5) is 2.13. The summed E-state index contributed by atoms with van der Waals surface area (Å²) in [5, 5.41) is 11.5. The summed E-state index contributed by atoms with van der Waals surface area (Å²) >= 11 is 0. The Morgan fingerprint density at radius 1 is 1.77 bits per heavy atom. The Morgan fingerprint density at radius 3 is 2.69 bits per heavy atom. The van der Waals surface area contributed by atoms with Gasteiger partial charge in [-0.15, -0.1) is 0 Å². The third-order valence-corrected chi connectivity index (χ3v) is 3.00. The molecule has 0 aromatic rings. The molecule has 1 saturated carbocycles. The quantitative estimate of drug-likeness (QED) is 0.293. The van der Waals surface area contributed by atoms with E-state index in [1.54, 1.807) is 0 Å². The van der Waals surface area contributed by atoms with Crippen LogP contribution in [0.15, 0.2) is 5.16 Å². The highest BCUT2D eigenvalue weighted by molar-refractivity contribution is 5.84. The SMILES string of the molecule is CC1CC1CN(C)C(C)C(N)=NO. The first-order chi connectivity index (χ1) is 6.06. The first-order valence-corrected chi connectivity index (χ1v) is 4.74. The van der Waals surface area contributed by atoms with Crippen molar-refractivity contribution in [2.45, 2.75) is 26.3 Å². The minimum Gasteiger partial charge on any atom is -0.409 e. The number of rotatable bonds is 4. The lowest BCUT2D eigenvalue weighted by atomic mass is 10.2. The van der Waals surface area contributed by atoms with E-state index in [0.29, 0.717) is 0 Å². The van der Waals surface area contributed by atoms with Crippen molar-refractivity contribution in [1.82, 2.24) is 4.90 Å². The number of oxime groups is 1. The molecule has 0 spiro atoms. The maximum Gasteiger partial charge on any atom is 0.156 e. The number of nitrogens with zero attached hydrogens (tertiary/aromatic N) is 2. The first-order valence-electron chi connectivity index (χ1n) is 4.74. The van der Waals surface area contributed by atoms with Gasteiger partial charge in [0.1, 0.15) is 0 Å². The molecule has 13 heavy (non-hydrogen) atoms. The minimum atomic E-state index is 0.0257. The van der Waals surface area contributed by atoms with Gasteiger partial charge in [-0.1, -0.05) is 12.1 Å². The van der Waals surface area contributed by atoms with Crippen LogP contribution in [-0.2, 0) is 0 Å². The van der Waals surface area contributed by atoms with Gasteiger partial charge in [0.05, 0.1) is 6.04 Å². The molecule has 0 radical (unpaired) electrons. The second kappa shape index (κ2) is 3.96. The van der Waals surface area contributed by atoms with Gasteiger partial charge in [-0.3, -0.25) is 4.90 Å². The zero-order chi connectivity index (χ0) is 10.0. The molecule has 0 bridgehead atoms. The number of likely N-dealkylation sites (N-methyl/N-ethyl adjacent to an activating group) is 1. The fraction of sp³-hybridized carbons (Fsp3) is 0.889. The standard InChI is InChI=1S/C9H19N3O/c1-6-4-8(6)5-12(3)7(2)9(10)11-13/h6-8,13H,4-5H2,1-3H3,(H2,10,11). The fourth-order valence-corrected chi connectivity index (χ4v) is 1.49. The molecule has 3 atom stereocenters. The van der Waals surface area contributed by atoms with Crippen molar-refractivity contribution >= 4 is 5.84 Å². The number of hydrogen-bond donors (Lipinski definition) is 2. The fourth-order valence-electron chi connectivity index (χ4n) is 1.49. The van der Waals surface area contributed by atoms with Gasteiger partial charge in [0.2, 0.25) is 0 Å². The van der Waals surface area contributed by atoms with Crippen molar-refractivity contribution in [3.63, 3.8) is 0 Å².